The molecule has 2 aliphatic rings. The molecule has 3 aromatic carbocycles. The summed E-state index contributed by atoms with van der Waals surface area (Å²) in [6.07, 6.45) is 5.55. The Bertz CT molecular complexity index is 1530. The van der Waals surface area contributed by atoms with Gasteiger partial charge in [0.05, 0.1) is 17.4 Å². The zero-order chi connectivity index (χ0) is 23.6. The van der Waals surface area contributed by atoms with Crippen LogP contribution >= 0.6 is 0 Å². The molecule has 1 aliphatic carbocycles. The van der Waals surface area contributed by atoms with Crippen molar-refractivity contribution in [2.24, 2.45) is 5.92 Å². The van der Waals surface area contributed by atoms with Gasteiger partial charge < -0.3 is 4.90 Å². The summed E-state index contributed by atoms with van der Waals surface area (Å²) in [5.41, 5.74) is 5.92. The first-order valence-corrected chi connectivity index (χ1v) is 12.0. The maximum absolute atomic E-state index is 13.5. The summed E-state index contributed by atoms with van der Waals surface area (Å²) in [4.78, 5) is 11.4. The van der Waals surface area contributed by atoms with Gasteiger partial charge >= 0.3 is 0 Å². The van der Waals surface area contributed by atoms with E-state index in [2.05, 4.69) is 69.4 Å². The Morgan fingerprint density at radius 2 is 1.71 bits per heavy atom. The first kappa shape index (κ1) is 20.3. The highest BCUT2D eigenvalue weighted by Gasteiger charge is 2.70. The molecule has 0 N–H and O–H groups in total. The van der Waals surface area contributed by atoms with Gasteiger partial charge in [0.2, 0.25) is 5.95 Å². The van der Waals surface area contributed by atoms with Gasteiger partial charge in [-0.3, -0.25) is 0 Å². The van der Waals surface area contributed by atoms with Crippen LogP contribution in [0.2, 0.25) is 0 Å². The molecule has 0 amide bonds. The molecular formula is C29H24FN5. The van der Waals surface area contributed by atoms with Gasteiger partial charge in [-0.2, -0.15) is 5.10 Å². The van der Waals surface area contributed by atoms with Crippen LogP contribution in [0.1, 0.15) is 22.6 Å². The van der Waals surface area contributed by atoms with Crippen LogP contribution in [0.25, 0.3) is 16.6 Å². The number of aryl methyl sites for hydroxylation is 1. The molecule has 6 heteroatoms. The van der Waals surface area contributed by atoms with Crippen molar-refractivity contribution in [1.82, 2.24) is 19.7 Å². The van der Waals surface area contributed by atoms with E-state index in [0.717, 1.165) is 35.6 Å². The highest BCUT2D eigenvalue weighted by atomic mass is 19.1. The second kappa shape index (κ2) is 7.47. The second-order valence-electron chi connectivity index (χ2n) is 9.72. The topological polar surface area (TPSA) is 46.8 Å². The Labute approximate surface area is 202 Å². The minimum Gasteiger partial charge on any atom is -0.340 e. The second-order valence-corrected chi connectivity index (χ2v) is 9.72. The molecule has 1 aliphatic heterocycles. The van der Waals surface area contributed by atoms with Crippen molar-refractivity contribution in [3.8, 4) is 5.69 Å². The third kappa shape index (κ3) is 3.02. The summed E-state index contributed by atoms with van der Waals surface area (Å²) in [5.74, 6) is 1.51. The zero-order valence-electron chi connectivity index (χ0n) is 19.3. The fraction of sp³-hybridized carbons (Fsp3) is 0.207. The number of halogens is 1. The summed E-state index contributed by atoms with van der Waals surface area (Å²) in [7, 11) is 0. The first-order valence-electron chi connectivity index (χ1n) is 12.0. The Morgan fingerprint density at radius 3 is 2.49 bits per heavy atom. The largest absolute Gasteiger partial charge is 0.340 e. The van der Waals surface area contributed by atoms with Crippen molar-refractivity contribution < 1.29 is 4.39 Å². The lowest BCUT2D eigenvalue weighted by atomic mass is 9.86. The predicted molar refractivity (Wildman–Crippen MR) is 134 cm³/mol. The molecule has 5 nitrogen and oxygen atoms in total. The van der Waals surface area contributed by atoms with Crippen LogP contribution in [-0.2, 0) is 5.41 Å². The average molecular weight is 462 g/mol. The zero-order valence-corrected chi connectivity index (χ0v) is 19.3. The molecule has 172 valence electrons. The summed E-state index contributed by atoms with van der Waals surface area (Å²) >= 11 is 0. The Morgan fingerprint density at radius 1 is 0.943 bits per heavy atom. The number of anilines is 1. The highest BCUT2D eigenvalue weighted by molar-refractivity contribution is 5.83. The Balaban J connectivity index is 1.34. The number of fused-ring (bicyclic) bond motifs is 2. The number of nitrogens with zero attached hydrogens (tertiary/aromatic N) is 5. The van der Waals surface area contributed by atoms with Crippen molar-refractivity contribution in [3.63, 3.8) is 0 Å². The Hall–Kier alpha value is -4.06. The van der Waals surface area contributed by atoms with Crippen LogP contribution in [0, 0.1) is 18.7 Å². The molecule has 1 saturated carbocycles. The lowest BCUT2D eigenvalue weighted by Gasteiger charge is -2.25. The molecule has 0 unspecified atom stereocenters. The summed E-state index contributed by atoms with van der Waals surface area (Å²) in [5, 5.41) is 5.74. The van der Waals surface area contributed by atoms with E-state index in [9.17, 15) is 4.39 Å². The maximum atomic E-state index is 13.5. The molecule has 3 heterocycles. The van der Waals surface area contributed by atoms with Gasteiger partial charge in [-0.05, 0) is 72.0 Å². The lowest BCUT2D eigenvalue weighted by molar-refractivity contribution is 0.627. The monoisotopic (exact) mass is 461 g/mol. The van der Waals surface area contributed by atoms with Crippen molar-refractivity contribution in [2.45, 2.75) is 18.3 Å². The van der Waals surface area contributed by atoms with E-state index in [0.29, 0.717) is 11.8 Å². The number of hydrogen-bond acceptors (Lipinski definition) is 4. The molecule has 2 fully saturated rings. The van der Waals surface area contributed by atoms with Gasteiger partial charge in [-0.25, -0.2) is 19.0 Å². The quantitative estimate of drug-likeness (QED) is 0.358. The fourth-order valence-electron chi connectivity index (χ4n) is 6.34. The first-order chi connectivity index (χ1) is 17.1. The van der Waals surface area contributed by atoms with E-state index in [1.165, 1.54) is 28.8 Å². The normalized spacial score (nSPS) is 23.0. The van der Waals surface area contributed by atoms with Gasteiger partial charge in [0.25, 0.3) is 0 Å². The van der Waals surface area contributed by atoms with Crippen LogP contribution in [0.3, 0.4) is 0 Å². The minimum absolute atomic E-state index is 0.0107. The van der Waals surface area contributed by atoms with Gasteiger partial charge in [0.15, 0.2) is 0 Å². The van der Waals surface area contributed by atoms with E-state index in [4.69, 9.17) is 0 Å². The maximum Gasteiger partial charge on any atom is 0.225 e. The number of hydrogen-bond donors (Lipinski definition) is 0. The summed E-state index contributed by atoms with van der Waals surface area (Å²) < 4.78 is 15.4. The van der Waals surface area contributed by atoms with Crippen molar-refractivity contribution >= 4 is 16.9 Å². The summed E-state index contributed by atoms with van der Waals surface area (Å²) in [6, 6.07) is 23.8. The highest BCUT2D eigenvalue weighted by Crippen LogP contribution is 2.70. The van der Waals surface area contributed by atoms with Gasteiger partial charge in [-0.1, -0.05) is 30.3 Å². The van der Waals surface area contributed by atoms with E-state index in [1.54, 1.807) is 12.1 Å². The van der Waals surface area contributed by atoms with Crippen molar-refractivity contribution in [2.75, 3.05) is 18.0 Å². The molecule has 3 atom stereocenters. The van der Waals surface area contributed by atoms with Crippen molar-refractivity contribution in [1.29, 1.82) is 0 Å². The number of piperidine rings is 1. The molecule has 1 saturated heterocycles. The predicted octanol–water partition coefficient (Wildman–Crippen LogP) is 5.43. The van der Waals surface area contributed by atoms with E-state index >= 15 is 0 Å². The summed E-state index contributed by atoms with van der Waals surface area (Å²) in [6.45, 7) is 4.03. The molecule has 2 aromatic heterocycles. The van der Waals surface area contributed by atoms with E-state index < -0.39 is 0 Å². The van der Waals surface area contributed by atoms with E-state index in [-0.39, 0.29) is 11.2 Å². The smallest absolute Gasteiger partial charge is 0.225 e. The molecule has 5 aromatic rings. The average Bonchev–Trinajstić information content (AvgIpc) is 3.16. The van der Waals surface area contributed by atoms with Gasteiger partial charge in [-0.15, -0.1) is 0 Å². The number of rotatable bonds is 4. The number of benzene rings is 3. The molecule has 35 heavy (non-hydrogen) atoms. The fourth-order valence-corrected chi connectivity index (χ4v) is 6.34. The van der Waals surface area contributed by atoms with Crippen molar-refractivity contribution in [3.05, 3.63) is 114 Å². The van der Waals surface area contributed by atoms with Gasteiger partial charge in [0.1, 0.15) is 5.82 Å². The van der Waals surface area contributed by atoms with Crippen LogP contribution in [0.4, 0.5) is 10.3 Å². The molecule has 0 spiro atoms. The van der Waals surface area contributed by atoms with Gasteiger partial charge in [0, 0.05) is 42.2 Å². The lowest BCUT2D eigenvalue weighted by Crippen LogP contribution is -2.30. The molecular weight excluding hydrogens is 437 g/mol. The molecule has 0 bridgehead atoms. The third-order valence-corrected chi connectivity index (χ3v) is 7.86. The van der Waals surface area contributed by atoms with Crippen LogP contribution in [-0.4, -0.2) is 32.8 Å². The molecule has 0 radical (unpaired) electrons. The number of aromatic nitrogens is 4. The SMILES string of the molecule is Cc1cc2c(cnn2-c2ccc(F)cc2)cc1[C@]12CN(c3ncccn3)C[C@H]1[C@@H]2c1ccccc1. The molecule has 7 rings (SSSR count). The third-order valence-electron chi connectivity index (χ3n) is 7.86. The minimum atomic E-state index is -0.248. The van der Waals surface area contributed by atoms with E-state index in [1.807, 2.05) is 29.3 Å². The van der Waals surface area contributed by atoms with Crippen LogP contribution in [0.5, 0.6) is 0 Å². The van der Waals surface area contributed by atoms with Crippen LogP contribution < -0.4 is 4.90 Å². The Kier molecular flexibility index (Phi) is 4.34. The standard InChI is InChI=1S/C29H24FN5/c1-19-14-26-21(16-33-35(26)23-10-8-22(30)9-11-23)15-24(19)29-18-34(28-31-12-5-13-32-28)17-25(29)27(29)20-6-3-2-4-7-20/h2-16,25,27H,17-18H2,1H3/t25-,27-,29+/m0/s1. The van der Waals surface area contributed by atoms with Crippen LogP contribution in [0.15, 0.2) is 91.4 Å².